The summed E-state index contributed by atoms with van der Waals surface area (Å²) in [5.41, 5.74) is 0.584. The van der Waals surface area contributed by atoms with Gasteiger partial charge in [-0.3, -0.25) is 10.1 Å². The smallest absolute Gasteiger partial charge is 0.374 e. The SMILES string of the molecule is CCOC(=O)c1oc2ccccc2c1COC(=O)c1ccc(Br)c([N+](=O)[O-])c1. The topological polar surface area (TPSA) is 109 Å². The number of carbonyl (C=O) groups excluding carboxylic acids is 2. The number of esters is 2. The molecule has 28 heavy (non-hydrogen) atoms. The number of para-hydroxylation sites is 1. The van der Waals surface area contributed by atoms with E-state index in [9.17, 15) is 19.7 Å². The number of nitro groups is 1. The Morgan fingerprint density at radius 3 is 2.61 bits per heavy atom. The van der Waals surface area contributed by atoms with Gasteiger partial charge in [-0.2, -0.15) is 0 Å². The number of furan rings is 1. The van der Waals surface area contributed by atoms with Gasteiger partial charge in [0.05, 0.1) is 27.1 Å². The lowest BCUT2D eigenvalue weighted by Gasteiger charge is -2.06. The first-order valence-electron chi connectivity index (χ1n) is 8.21. The van der Waals surface area contributed by atoms with Crippen LogP contribution in [0.1, 0.15) is 33.4 Å². The molecule has 1 heterocycles. The van der Waals surface area contributed by atoms with Crippen molar-refractivity contribution in [2.24, 2.45) is 0 Å². The molecule has 0 amide bonds. The van der Waals surface area contributed by atoms with Gasteiger partial charge < -0.3 is 13.9 Å². The van der Waals surface area contributed by atoms with Crippen molar-refractivity contribution in [2.45, 2.75) is 13.5 Å². The van der Waals surface area contributed by atoms with E-state index < -0.39 is 16.9 Å². The van der Waals surface area contributed by atoms with Gasteiger partial charge in [0.25, 0.3) is 5.69 Å². The van der Waals surface area contributed by atoms with Gasteiger partial charge in [0, 0.05) is 11.5 Å². The lowest BCUT2D eigenvalue weighted by molar-refractivity contribution is -0.385. The summed E-state index contributed by atoms with van der Waals surface area (Å²) in [4.78, 5) is 35.0. The van der Waals surface area contributed by atoms with Gasteiger partial charge in [0.15, 0.2) is 0 Å². The average Bonchev–Trinajstić information content (AvgIpc) is 3.05. The number of nitrogens with zero attached hydrogens (tertiary/aromatic N) is 1. The van der Waals surface area contributed by atoms with E-state index in [1.807, 2.05) is 0 Å². The molecule has 3 rings (SSSR count). The minimum atomic E-state index is -0.768. The number of halogens is 1. The number of hydrogen-bond acceptors (Lipinski definition) is 7. The fourth-order valence-corrected chi connectivity index (χ4v) is 3.00. The van der Waals surface area contributed by atoms with Gasteiger partial charge >= 0.3 is 11.9 Å². The molecule has 0 spiro atoms. The summed E-state index contributed by atoms with van der Waals surface area (Å²) in [5.74, 6) is -1.47. The molecule has 9 heteroatoms. The van der Waals surface area contributed by atoms with Gasteiger partial charge in [0.2, 0.25) is 5.76 Å². The van der Waals surface area contributed by atoms with E-state index in [0.29, 0.717) is 16.5 Å². The summed E-state index contributed by atoms with van der Waals surface area (Å²) < 4.78 is 16.1. The number of nitro benzene ring substituents is 1. The summed E-state index contributed by atoms with van der Waals surface area (Å²) >= 11 is 3.06. The van der Waals surface area contributed by atoms with E-state index in [0.717, 1.165) is 6.07 Å². The van der Waals surface area contributed by atoms with E-state index in [4.69, 9.17) is 13.9 Å². The summed E-state index contributed by atoms with van der Waals surface area (Å²) in [5, 5.41) is 11.6. The molecule has 0 radical (unpaired) electrons. The number of carbonyl (C=O) groups is 2. The zero-order valence-corrected chi connectivity index (χ0v) is 16.2. The standard InChI is InChI=1S/C19H14BrNO7/c1-2-26-19(23)17-13(12-5-3-4-6-16(12)28-17)10-27-18(22)11-7-8-14(20)15(9-11)21(24)25/h3-9H,2,10H2,1H3. The Kier molecular flexibility index (Phi) is 5.74. The van der Waals surface area contributed by atoms with Crippen molar-refractivity contribution in [3.8, 4) is 0 Å². The molecule has 0 atom stereocenters. The highest BCUT2D eigenvalue weighted by molar-refractivity contribution is 9.10. The number of ether oxygens (including phenoxy) is 2. The van der Waals surface area contributed by atoms with Crippen LogP contribution in [0.4, 0.5) is 5.69 Å². The summed E-state index contributed by atoms with van der Waals surface area (Å²) in [6, 6.07) is 10.8. The third-order valence-electron chi connectivity index (χ3n) is 3.89. The van der Waals surface area contributed by atoms with Crippen LogP contribution in [0.5, 0.6) is 0 Å². The number of fused-ring (bicyclic) bond motifs is 1. The van der Waals surface area contributed by atoms with E-state index in [1.165, 1.54) is 12.1 Å². The van der Waals surface area contributed by atoms with Crippen LogP contribution in [0.2, 0.25) is 0 Å². The molecular formula is C19H14BrNO7. The van der Waals surface area contributed by atoms with Crippen LogP contribution in [-0.2, 0) is 16.1 Å². The van der Waals surface area contributed by atoms with Crippen LogP contribution in [0.15, 0.2) is 51.4 Å². The Morgan fingerprint density at radius 1 is 1.14 bits per heavy atom. The quantitative estimate of drug-likeness (QED) is 0.307. The van der Waals surface area contributed by atoms with Crippen molar-refractivity contribution in [3.05, 3.63) is 73.9 Å². The largest absolute Gasteiger partial charge is 0.460 e. The highest BCUT2D eigenvalue weighted by Gasteiger charge is 2.23. The Labute approximate surface area is 167 Å². The number of hydrogen-bond donors (Lipinski definition) is 0. The molecule has 0 aliphatic rings. The van der Waals surface area contributed by atoms with Crippen LogP contribution in [0.25, 0.3) is 11.0 Å². The minimum Gasteiger partial charge on any atom is -0.460 e. The molecule has 144 valence electrons. The lowest BCUT2D eigenvalue weighted by Crippen LogP contribution is -2.10. The maximum Gasteiger partial charge on any atom is 0.374 e. The van der Waals surface area contributed by atoms with Gasteiger partial charge in [-0.1, -0.05) is 18.2 Å². The third-order valence-corrected chi connectivity index (χ3v) is 4.56. The molecule has 2 aromatic carbocycles. The van der Waals surface area contributed by atoms with Gasteiger partial charge in [-0.15, -0.1) is 0 Å². The molecule has 0 bridgehead atoms. The van der Waals surface area contributed by atoms with E-state index in [-0.39, 0.29) is 34.7 Å². The fourth-order valence-electron chi connectivity index (χ4n) is 2.60. The number of benzene rings is 2. The highest BCUT2D eigenvalue weighted by Crippen LogP contribution is 2.29. The molecular weight excluding hydrogens is 434 g/mol. The van der Waals surface area contributed by atoms with Crippen LogP contribution in [0.3, 0.4) is 0 Å². The van der Waals surface area contributed by atoms with Crippen molar-refractivity contribution in [3.63, 3.8) is 0 Å². The maximum absolute atomic E-state index is 12.4. The molecule has 0 N–H and O–H groups in total. The first-order chi connectivity index (χ1) is 13.4. The second-order valence-electron chi connectivity index (χ2n) is 5.63. The monoisotopic (exact) mass is 447 g/mol. The predicted molar refractivity (Wildman–Crippen MR) is 102 cm³/mol. The Hall–Kier alpha value is -3.20. The van der Waals surface area contributed by atoms with Gasteiger partial charge in [0.1, 0.15) is 12.2 Å². The van der Waals surface area contributed by atoms with Gasteiger partial charge in [-0.25, -0.2) is 9.59 Å². The van der Waals surface area contributed by atoms with Crippen LogP contribution < -0.4 is 0 Å². The fraction of sp³-hybridized carbons (Fsp3) is 0.158. The first-order valence-corrected chi connectivity index (χ1v) is 9.00. The van der Waals surface area contributed by atoms with Crippen LogP contribution >= 0.6 is 15.9 Å². The van der Waals surface area contributed by atoms with E-state index in [1.54, 1.807) is 31.2 Å². The molecule has 0 fully saturated rings. The molecule has 0 saturated heterocycles. The van der Waals surface area contributed by atoms with Crippen LogP contribution in [-0.4, -0.2) is 23.5 Å². The first kappa shape index (κ1) is 19.6. The highest BCUT2D eigenvalue weighted by atomic mass is 79.9. The van der Waals surface area contributed by atoms with Gasteiger partial charge in [-0.05, 0) is 41.1 Å². The molecule has 1 aromatic heterocycles. The predicted octanol–water partition coefficient (Wildman–Crippen LogP) is 4.64. The Morgan fingerprint density at radius 2 is 1.89 bits per heavy atom. The molecule has 0 aliphatic carbocycles. The second kappa shape index (κ2) is 8.22. The Bertz CT molecular complexity index is 1070. The molecule has 0 aliphatic heterocycles. The van der Waals surface area contributed by atoms with Crippen molar-refractivity contribution in [1.82, 2.24) is 0 Å². The minimum absolute atomic E-state index is 0.0142. The summed E-state index contributed by atoms with van der Waals surface area (Å²) in [6.45, 7) is 1.58. The zero-order valence-electron chi connectivity index (χ0n) is 14.6. The summed E-state index contributed by atoms with van der Waals surface area (Å²) in [6.07, 6.45) is 0. The maximum atomic E-state index is 12.4. The normalized spacial score (nSPS) is 10.6. The van der Waals surface area contributed by atoms with E-state index in [2.05, 4.69) is 15.9 Å². The molecule has 3 aromatic rings. The Balaban J connectivity index is 1.88. The molecule has 0 saturated carbocycles. The third kappa shape index (κ3) is 3.89. The summed E-state index contributed by atoms with van der Waals surface area (Å²) in [7, 11) is 0. The molecule has 8 nitrogen and oxygen atoms in total. The van der Waals surface area contributed by atoms with Crippen molar-refractivity contribution < 1.29 is 28.4 Å². The van der Waals surface area contributed by atoms with Crippen molar-refractivity contribution in [2.75, 3.05) is 6.61 Å². The van der Waals surface area contributed by atoms with Crippen molar-refractivity contribution in [1.29, 1.82) is 0 Å². The van der Waals surface area contributed by atoms with Crippen LogP contribution in [0, 0.1) is 10.1 Å². The number of rotatable bonds is 6. The lowest BCUT2D eigenvalue weighted by atomic mass is 10.1. The average molecular weight is 448 g/mol. The van der Waals surface area contributed by atoms with E-state index >= 15 is 0 Å². The zero-order chi connectivity index (χ0) is 20.3. The van der Waals surface area contributed by atoms with Crippen molar-refractivity contribution >= 4 is 44.5 Å². The molecule has 0 unspecified atom stereocenters. The second-order valence-corrected chi connectivity index (χ2v) is 6.48.